The fourth-order valence-electron chi connectivity index (χ4n) is 1.64. The van der Waals surface area contributed by atoms with Crippen LogP contribution in [-0.2, 0) is 11.3 Å². The van der Waals surface area contributed by atoms with Gasteiger partial charge in [0.2, 0.25) is 5.91 Å². The summed E-state index contributed by atoms with van der Waals surface area (Å²) in [7, 11) is 0. The van der Waals surface area contributed by atoms with Crippen molar-refractivity contribution in [1.29, 1.82) is 0 Å². The van der Waals surface area contributed by atoms with Crippen LogP contribution in [0, 0.1) is 12.8 Å². The molecule has 1 amide bonds. The van der Waals surface area contributed by atoms with Gasteiger partial charge in [-0.25, -0.2) is 0 Å². The molecule has 2 N–H and O–H groups in total. The molecule has 0 heterocycles. The summed E-state index contributed by atoms with van der Waals surface area (Å²) in [6, 6.07) is 8.30. The van der Waals surface area contributed by atoms with E-state index in [1.54, 1.807) is 0 Å². The van der Waals surface area contributed by atoms with Crippen LogP contribution >= 0.6 is 0 Å². The third kappa shape index (κ3) is 5.82. The molecule has 18 heavy (non-hydrogen) atoms. The summed E-state index contributed by atoms with van der Waals surface area (Å²) < 4.78 is 0. The van der Waals surface area contributed by atoms with Gasteiger partial charge in [0.15, 0.2) is 0 Å². The molecule has 0 unspecified atom stereocenters. The number of carbonyl (C=O) groups excluding carboxylic acids is 1. The van der Waals surface area contributed by atoms with E-state index >= 15 is 0 Å². The number of amides is 1. The van der Waals surface area contributed by atoms with Crippen molar-refractivity contribution in [2.45, 2.75) is 33.7 Å². The minimum Gasteiger partial charge on any atom is -0.356 e. The maximum atomic E-state index is 11.5. The highest BCUT2D eigenvalue weighted by Crippen LogP contribution is 2.05. The van der Waals surface area contributed by atoms with Crippen LogP contribution in [0.5, 0.6) is 0 Å². The summed E-state index contributed by atoms with van der Waals surface area (Å²) in [5.41, 5.74) is 2.58. The average molecular weight is 248 g/mol. The monoisotopic (exact) mass is 248 g/mol. The Balaban J connectivity index is 2.15. The van der Waals surface area contributed by atoms with Crippen LogP contribution in [0.25, 0.3) is 0 Å². The molecule has 0 saturated heterocycles. The van der Waals surface area contributed by atoms with Gasteiger partial charge >= 0.3 is 0 Å². The normalized spacial score (nSPS) is 10.7. The van der Waals surface area contributed by atoms with E-state index in [9.17, 15) is 4.79 Å². The zero-order valence-corrected chi connectivity index (χ0v) is 11.6. The first-order valence-corrected chi connectivity index (χ1v) is 6.61. The molecule has 3 nitrogen and oxygen atoms in total. The van der Waals surface area contributed by atoms with Gasteiger partial charge in [0.1, 0.15) is 0 Å². The molecular weight excluding hydrogens is 224 g/mol. The lowest BCUT2D eigenvalue weighted by Crippen LogP contribution is -2.30. The fraction of sp³-hybridized carbons (Fsp3) is 0.533. The Morgan fingerprint density at radius 2 is 2.00 bits per heavy atom. The molecule has 0 aliphatic heterocycles. The highest BCUT2D eigenvalue weighted by molar-refractivity contribution is 5.76. The second-order valence-electron chi connectivity index (χ2n) is 5.05. The highest BCUT2D eigenvalue weighted by atomic mass is 16.1. The van der Waals surface area contributed by atoms with Gasteiger partial charge in [0.25, 0.3) is 0 Å². The Hall–Kier alpha value is -1.35. The second-order valence-corrected chi connectivity index (χ2v) is 5.05. The summed E-state index contributed by atoms with van der Waals surface area (Å²) in [6.07, 6.45) is 0.540. The quantitative estimate of drug-likeness (QED) is 0.727. The Morgan fingerprint density at radius 3 is 2.67 bits per heavy atom. The standard InChI is InChI=1S/C15H24N2O/c1-12(2)10-17-15(18)8-9-16-11-14-7-5-4-6-13(14)3/h4-7,12,16H,8-11H2,1-3H3,(H,17,18). The summed E-state index contributed by atoms with van der Waals surface area (Å²) in [5, 5.41) is 6.21. The summed E-state index contributed by atoms with van der Waals surface area (Å²) in [6.45, 7) is 8.60. The van der Waals surface area contributed by atoms with E-state index in [1.807, 2.05) is 12.1 Å². The summed E-state index contributed by atoms with van der Waals surface area (Å²) in [5.74, 6) is 0.634. The molecule has 0 aliphatic carbocycles. The van der Waals surface area contributed by atoms with Gasteiger partial charge in [0, 0.05) is 26.1 Å². The molecule has 1 rings (SSSR count). The van der Waals surface area contributed by atoms with Gasteiger partial charge in [-0.15, -0.1) is 0 Å². The largest absolute Gasteiger partial charge is 0.356 e. The molecule has 3 heteroatoms. The van der Waals surface area contributed by atoms with Crippen molar-refractivity contribution in [3.05, 3.63) is 35.4 Å². The van der Waals surface area contributed by atoms with Crippen molar-refractivity contribution in [2.75, 3.05) is 13.1 Å². The minimum absolute atomic E-state index is 0.126. The predicted molar refractivity (Wildman–Crippen MR) is 75.4 cm³/mol. The number of hydrogen-bond acceptors (Lipinski definition) is 2. The van der Waals surface area contributed by atoms with E-state index < -0.39 is 0 Å². The number of aryl methyl sites for hydroxylation is 1. The molecule has 1 aromatic rings. The Bertz CT molecular complexity index is 375. The molecule has 0 bridgehead atoms. The van der Waals surface area contributed by atoms with Gasteiger partial charge in [-0.05, 0) is 24.0 Å². The van der Waals surface area contributed by atoms with Crippen LogP contribution in [0.1, 0.15) is 31.4 Å². The van der Waals surface area contributed by atoms with E-state index in [0.717, 1.165) is 19.6 Å². The summed E-state index contributed by atoms with van der Waals surface area (Å²) >= 11 is 0. The lowest BCUT2D eigenvalue weighted by molar-refractivity contribution is -0.121. The highest BCUT2D eigenvalue weighted by Gasteiger charge is 2.02. The Morgan fingerprint density at radius 1 is 1.28 bits per heavy atom. The molecule has 0 radical (unpaired) electrons. The Labute approximate surface area is 110 Å². The zero-order valence-electron chi connectivity index (χ0n) is 11.6. The zero-order chi connectivity index (χ0) is 13.4. The SMILES string of the molecule is Cc1ccccc1CNCCC(=O)NCC(C)C. The third-order valence-corrected chi connectivity index (χ3v) is 2.81. The first-order valence-electron chi connectivity index (χ1n) is 6.61. The fourth-order valence-corrected chi connectivity index (χ4v) is 1.64. The van der Waals surface area contributed by atoms with Crippen molar-refractivity contribution >= 4 is 5.91 Å². The van der Waals surface area contributed by atoms with Crippen molar-refractivity contribution in [3.8, 4) is 0 Å². The maximum Gasteiger partial charge on any atom is 0.221 e. The Kier molecular flexibility index (Phi) is 6.44. The molecule has 0 saturated carbocycles. The van der Waals surface area contributed by atoms with Crippen LogP contribution in [0.3, 0.4) is 0 Å². The van der Waals surface area contributed by atoms with Gasteiger partial charge < -0.3 is 10.6 Å². The van der Waals surface area contributed by atoms with Crippen molar-refractivity contribution in [1.82, 2.24) is 10.6 Å². The molecule has 0 aromatic heterocycles. The minimum atomic E-state index is 0.126. The van der Waals surface area contributed by atoms with Gasteiger partial charge in [-0.1, -0.05) is 38.1 Å². The average Bonchev–Trinajstić information content (AvgIpc) is 2.34. The number of benzene rings is 1. The smallest absolute Gasteiger partial charge is 0.221 e. The predicted octanol–water partition coefficient (Wildman–Crippen LogP) is 2.25. The van der Waals surface area contributed by atoms with E-state index in [1.165, 1.54) is 11.1 Å². The van der Waals surface area contributed by atoms with Crippen molar-refractivity contribution in [3.63, 3.8) is 0 Å². The second kappa shape index (κ2) is 7.88. The topological polar surface area (TPSA) is 41.1 Å². The first kappa shape index (κ1) is 14.7. The third-order valence-electron chi connectivity index (χ3n) is 2.81. The summed E-state index contributed by atoms with van der Waals surface area (Å²) in [4.78, 5) is 11.5. The molecule has 0 fully saturated rings. The number of hydrogen-bond donors (Lipinski definition) is 2. The van der Waals surface area contributed by atoms with Crippen molar-refractivity contribution < 1.29 is 4.79 Å². The number of nitrogens with one attached hydrogen (secondary N) is 2. The van der Waals surface area contributed by atoms with E-state index in [0.29, 0.717) is 12.3 Å². The molecule has 0 spiro atoms. The number of carbonyl (C=O) groups is 1. The first-order chi connectivity index (χ1) is 8.59. The molecule has 0 aliphatic rings. The molecular formula is C15H24N2O. The molecule has 1 aromatic carbocycles. The molecule has 0 atom stereocenters. The van der Waals surface area contributed by atoms with Crippen LogP contribution in [-0.4, -0.2) is 19.0 Å². The van der Waals surface area contributed by atoms with Crippen LogP contribution in [0.4, 0.5) is 0 Å². The maximum absolute atomic E-state index is 11.5. The van der Waals surface area contributed by atoms with E-state index in [-0.39, 0.29) is 5.91 Å². The van der Waals surface area contributed by atoms with Crippen LogP contribution in [0.2, 0.25) is 0 Å². The van der Waals surface area contributed by atoms with E-state index in [4.69, 9.17) is 0 Å². The van der Waals surface area contributed by atoms with Gasteiger partial charge in [-0.3, -0.25) is 4.79 Å². The molecule has 100 valence electrons. The number of rotatable bonds is 7. The lowest BCUT2D eigenvalue weighted by Gasteiger charge is -2.09. The van der Waals surface area contributed by atoms with Gasteiger partial charge in [0.05, 0.1) is 0 Å². The van der Waals surface area contributed by atoms with E-state index in [2.05, 4.69) is 43.5 Å². The lowest BCUT2D eigenvalue weighted by atomic mass is 10.1. The van der Waals surface area contributed by atoms with Crippen LogP contribution < -0.4 is 10.6 Å². The van der Waals surface area contributed by atoms with Crippen LogP contribution in [0.15, 0.2) is 24.3 Å². The van der Waals surface area contributed by atoms with Crippen molar-refractivity contribution in [2.24, 2.45) is 5.92 Å². The van der Waals surface area contributed by atoms with Gasteiger partial charge in [-0.2, -0.15) is 0 Å².